The SMILES string of the molecule is COC(=O)CCC(C)(C1=CCCCC1)[N+](=O)[O-]. The summed E-state index contributed by atoms with van der Waals surface area (Å²) in [5.74, 6) is -0.394. The maximum Gasteiger partial charge on any atom is 0.305 e. The fourth-order valence-corrected chi connectivity index (χ4v) is 2.14. The van der Waals surface area contributed by atoms with Crippen LogP contribution in [-0.2, 0) is 9.53 Å². The number of esters is 1. The van der Waals surface area contributed by atoms with Crippen LogP contribution >= 0.6 is 0 Å². The minimum absolute atomic E-state index is 0.0886. The van der Waals surface area contributed by atoms with Gasteiger partial charge >= 0.3 is 5.97 Å². The molecule has 0 heterocycles. The minimum atomic E-state index is -1.12. The second kappa shape index (κ2) is 5.80. The number of hydrogen-bond donors (Lipinski definition) is 0. The Labute approximate surface area is 101 Å². The minimum Gasteiger partial charge on any atom is -0.469 e. The summed E-state index contributed by atoms with van der Waals surface area (Å²) in [6.07, 6.45) is 6.00. The molecule has 96 valence electrons. The summed E-state index contributed by atoms with van der Waals surface area (Å²) >= 11 is 0. The molecule has 1 aliphatic rings. The van der Waals surface area contributed by atoms with Crippen molar-refractivity contribution in [1.29, 1.82) is 0 Å². The summed E-state index contributed by atoms with van der Waals surface area (Å²) in [6, 6.07) is 0. The van der Waals surface area contributed by atoms with E-state index in [1.165, 1.54) is 7.11 Å². The van der Waals surface area contributed by atoms with Crippen molar-refractivity contribution in [2.45, 2.75) is 51.0 Å². The molecule has 0 saturated carbocycles. The largest absolute Gasteiger partial charge is 0.469 e. The third kappa shape index (κ3) is 3.28. The Bertz CT molecular complexity index is 337. The Balaban J connectivity index is 2.78. The van der Waals surface area contributed by atoms with Gasteiger partial charge < -0.3 is 4.74 Å². The molecule has 0 saturated heterocycles. The first-order valence-corrected chi connectivity index (χ1v) is 5.91. The van der Waals surface area contributed by atoms with Crippen LogP contribution in [0.25, 0.3) is 0 Å². The predicted octanol–water partition coefficient (Wildman–Crippen LogP) is 2.48. The lowest BCUT2D eigenvalue weighted by atomic mass is 9.81. The molecule has 1 unspecified atom stereocenters. The third-order valence-electron chi connectivity index (χ3n) is 3.43. The molecule has 5 nitrogen and oxygen atoms in total. The number of nitro groups is 1. The monoisotopic (exact) mass is 241 g/mol. The number of nitrogens with zero attached hydrogens (tertiary/aromatic N) is 1. The molecule has 17 heavy (non-hydrogen) atoms. The lowest BCUT2D eigenvalue weighted by Gasteiger charge is -2.26. The molecule has 0 aromatic heterocycles. The molecule has 5 heteroatoms. The average Bonchev–Trinajstić information content (AvgIpc) is 2.36. The Hall–Kier alpha value is -1.39. The first-order chi connectivity index (χ1) is 8.00. The fraction of sp³-hybridized carbons (Fsp3) is 0.750. The van der Waals surface area contributed by atoms with Gasteiger partial charge in [0.15, 0.2) is 0 Å². The predicted molar refractivity (Wildman–Crippen MR) is 63.2 cm³/mol. The molecule has 0 bridgehead atoms. The molecular weight excluding hydrogens is 222 g/mol. The van der Waals surface area contributed by atoms with Crippen LogP contribution in [0.3, 0.4) is 0 Å². The van der Waals surface area contributed by atoms with Gasteiger partial charge in [0.25, 0.3) is 0 Å². The summed E-state index contributed by atoms with van der Waals surface area (Å²) in [7, 11) is 1.30. The first-order valence-electron chi connectivity index (χ1n) is 5.91. The molecule has 1 rings (SSSR count). The zero-order chi connectivity index (χ0) is 12.9. The van der Waals surface area contributed by atoms with E-state index in [1.807, 2.05) is 6.08 Å². The molecule has 0 amide bonds. The summed E-state index contributed by atoms with van der Waals surface area (Å²) in [4.78, 5) is 22.1. The van der Waals surface area contributed by atoms with Crippen LogP contribution in [0.5, 0.6) is 0 Å². The van der Waals surface area contributed by atoms with Crippen molar-refractivity contribution in [2.24, 2.45) is 0 Å². The molecule has 1 aliphatic carbocycles. The maximum absolute atomic E-state index is 11.2. The Kier molecular flexibility index (Phi) is 4.66. The lowest BCUT2D eigenvalue weighted by molar-refractivity contribution is -0.555. The molecule has 0 N–H and O–H groups in total. The fourth-order valence-electron chi connectivity index (χ4n) is 2.14. The smallest absolute Gasteiger partial charge is 0.305 e. The van der Waals surface area contributed by atoms with Gasteiger partial charge in [-0.1, -0.05) is 6.08 Å². The van der Waals surface area contributed by atoms with Crippen molar-refractivity contribution in [3.63, 3.8) is 0 Å². The average molecular weight is 241 g/mol. The molecule has 0 fully saturated rings. The van der Waals surface area contributed by atoms with E-state index >= 15 is 0 Å². The van der Waals surface area contributed by atoms with Crippen LogP contribution in [0.2, 0.25) is 0 Å². The van der Waals surface area contributed by atoms with E-state index in [4.69, 9.17) is 0 Å². The Morgan fingerprint density at radius 2 is 2.29 bits per heavy atom. The highest BCUT2D eigenvalue weighted by Gasteiger charge is 2.41. The molecule has 0 aromatic carbocycles. The van der Waals surface area contributed by atoms with E-state index in [0.29, 0.717) is 0 Å². The van der Waals surface area contributed by atoms with Crippen molar-refractivity contribution in [1.82, 2.24) is 0 Å². The molecule has 1 atom stereocenters. The highest BCUT2D eigenvalue weighted by Crippen LogP contribution is 2.33. The topological polar surface area (TPSA) is 69.4 Å². The van der Waals surface area contributed by atoms with Gasteiger partial charge in [0.1, 0.15) is 0 Å². The highest BCUT2D eigenvalue weighted by atomic mass is 16.6. The van der Waals surface area contributed by atoms with E-state index in [0.717, 1.165) is 31.3 Å². The number of rotatable bonds is 5. The zero-order valence-electron chi connectivity index (χ0n) is 10.4. The summed E-state index contributed by atoms with van der Waals surface area (Å²) < 4.78 is 4.53. The standard InChI is InChI=1S/C12H19NO4/c1-12(13(15)16,9-8-11(14)17-2)10-6-4-3-5-7-10/h6H,3-5,7-9H2,1-2H3. The van der Waals surface area contributed by atoms with Gasteiger partial charge in [0.05, 0.1) is 13.5 Å². The summed E-state index contributed by atoms with van der Waals surface area (Å²) in [6.45, 7) is 1.60. The van der Waals surface area contributed by atoms with Crippen molar-refractivity contribution in [2.75, 3.05) is 7.11 Å². The van der Waals surface area contributed by atoms with Crippen LogP contribution in [0.15, 0.2) is 11.6 Å². The number of methoxy groups -OCH3 is 1. The Morgan fingerprint density at radius 3 is 2.76 bits per heavy atom. The lowest BCUT2D eigenvalue weighted by Crippen LogP contribution is -2.38. The van der Waals surface area contributed by atoms with Crippen LogP contribution in [0.1, 0.15) is 45.4 Å². The number of allylic oxidation sites excluding steroid dienone is 1. The second-order valence-electron chi connectivity index (χ2n) is 4.58. The van der Waals surface area contributed by atoms with Gasteiger partial charge in [-0.3, -0.25) is 14.9 Å². The van der Waals surface area contributed by atoms with Gasteiger partial charge in [-0.2, -0.15) is 0 Å². The van der Waals surface area contributed by atoms with E-state index < -0.39 is 11.5 Å². The molecule has 0 aliphatic heterocycles. The van der Waals surface area contributed by atoms with Crippen LogP contribution in [0.4, 0.5) is 0 Å². The summed E-state index contributed by atoms with van der Waals surface area (Å²) in [5, 5.41) is 11.2. The number of hydrogen-bond acceptors (Lipinski definition) is 4. The quantitative estimate of drug-likeness (QED) is 0.321. The van der Waals surface area contributed by atoms with E-state index in [-0.39, 0.29) is 17.8 Å². The van der Waals surface area contributed by atoms with Crippen LogP contribution in [0, 0.1) is 10.1 Å². The first kappa shape index (κ1) is 13.7. The number of carbonyl (C=O) groups is 1. The normalized spacial score (nSPS) is 19.1. The van der Waals surface area contributed by atoms with Gasteiger partial charge in [0, 0.05) is 23.8 Å². The second-order valence-corrected chi connectivity index (χ2v) is 4.58. The van der Waals surface area contributed by atoms with Crippen LogP contribution < -0.4 is 0 Å². The van der Waals surface area contributed by atoms with Crippen molar-refractivity contribution < 1.29 is 14.5 Å². The van der Waals surface area contributed by atoms with Crippen molar-refractivity contribution in [3.8, 4) is 0 Å². The Morgan fingerprint density at radius 1 is 1.59 bits per heavy atom. The van der Waals surface area contributed by atoms with Gasteiger partial charge in [0.2, 0.25) is 5.54 Å². The van der Waals surface area contributed by atoms with Crippen LogP contribution in [-0.4, -0.2) is 23.5 Å². The summed E-state index contributed by atoms with van der Waals surface area (Å²) in [5.41, 5.74) is -0.258. The molecule has 0 radical (unpaired) electrons. The van der Waals surface area contributed by atoms with Gasteiger partial charge in [-0.25, -0.2) is 0 Å². The van der Waals surface area contributed by atoms with Crippen molar-refractivity contribution in [3.05, 3.63) is 21.8 Å². The number of carbonyl (C=O) groups excluding carboxylic acids is 1. The molecule has 0 spiro atoms. The highest BCUT2D eigenvalue weighted by molar-refractivity contribution is 5.69. The van der Waals surface area contributed by atoms with E-state index in [1.54, 1.807) is 6.92 Å². The molecular formula is C12H19NO4. The zero-order valence-corrected chi connectivity index (χ0v) is 10.4. The third-order valence-corrected chi connectivity index (χ3v) is 3.43. The van der Waals surface area contributed by atoms with E-state index in [9.17, 15) is 14.9 Å². The molecule has 0 aromatic rings. The van der Waals surface area contributed by atoms with Gasteiger partial charge in [-0.15, -0.1) is 0 Å². The van der Waals surface area contributed by atoms with E-state index in [2.05, 4.69) is 4.74 Å². The maximum atomic E-state index is 11.2. The van der Waals surface area contributed by atoms with Crippen molar-refractivity contribution >= 4 is 5.97 Å². The van der Waals surface area contributed by atoms with Gasteiger partial charge in [-0.05, 0) is 25.7 Å². The number of ether oxygens (including phenoxy) is 1.